The van der Waals surface area contributed by atoms with Crippen LogP contribution in [0.4, 0.5) is 17.1 Å². The van der Waals surface area contributed by atoms with Gasteiger partial charge in [-0.15, -0.1) is 0 Å². The molecule has 0 saturated heterocycles. The number of para-hydroxylation sites is 1. The summed E-state index contributed by atoms with van der Waals surface area (Å²) >= 11 is 0. The summed E-state index contributed by atoms with van der Waals surface area (Å²) in [6.45, 7) is 6.95. The summed E-state index contributed by atoms with van der Waals surface area (Å²) < 4.78 is 0. The molecular weight excluding hydrogens is 542 g/mol. The second-order valence-electron chi connectivity index (χ2n) is 12.7. The van der Waals surface area contributed by atoms with Gasteiger partial charge >= 0.3 is 0 Å². The first-order chi connectivity index (χ1) is 22.0. The highest BCUT2D eigenvalue weighted by molar-refractivity contribution is 6.00. The molecule has 0 aliphatic heterocycles. The van der Waals surface area contributed by atoms with Crippen LogP contribution in [-0.4, -0.2) is 0 Å². The third kappa shape index (κ3) is 4.47. The molecule has 7 aromatic rings. The van der Waals surface area contributed by atoms with Crippen LogP contribution in [0.2, 0.25) is 0 Å². The molecule has 0 aromatic heterocycles. The van der Waals surface area contributed by atoms with Gasteiger partial charge in [0.05, 0.1) is 5.69 Å². The Morgan fingerprint density at radius 3 is 1.84 bits per heavy atom. The molecule has 0 spiro atoms. The van der Waals surface area contributed by atoms with Crippen LogP contribution in [0.3, 0.4) is 0 Å². The van der Waals surface area contributed by atoms with Gasteiger partial charge in [0.1, 0.15) is 0 Å². The Morgan fingerprint density at radius 1 is 0.444 bits per heavy atom. The standard InChI is InChI=1S/C44H35N/c1-30-15-10-13-22-36(30)39-27-32-18-11-12-19-33(32)28-42(39)45(34-20-8-5-9-21-34)35-25-26-38-41(29-35)44(2,3)40-24-14-23-37(43(38)40)31-16-6-4-7-17-31/h4-29H,1-3H3. The summed E-state index contributed by atoms with van der Waals surface area (Å²) in [4.78, 5) is 2.45. The molecule has 0 amide bonds. The third-order valence-corrected chi connectivity index (χ3v) is 9.58. The Morgan fingerprint density at radius 2 is 1.09 bits per heavy atom. The molecule has 0 N–H and O–H groups in total. The number of rotatable bonds is 5. The molecule has 0 heterocycles. The Labute approximate surface area is 266 Å². The van der Waals surface area contributed by atoms with Crippen molar-refractivity contribution >= 4 is 27.8 Å². The zero-order valence-electron chi connectivity index (χ0n) is 26.0. The first-order valence-electron chi connectivity index (χ1n) is 15.8. The van der Waals surface area contributed by atoms with Crippen LogP contribution < -0.4 is 4.90 Å². The number of hydrogen-bond donors (Lipinski definition) is 0. The summed E-state index contributed by atoms with van der Waals surface area (Å²) in [5, 5.41) is 2.47. The van der Waals surface area contributed by atoms with E-state index in [2.05, 4.69) is 183 Å². The molecule has 1 aliphatic carbocycles. The lowest BCUT2D eigenvalue weighted by atomic mass is 9.81. The van der Waals surface area contributed by atoms with E-state index >= 15 is 0 Å². The maximum Gasteiger partial charge on any atom is 0.0546 e. The minimum Gasteiger partial charge on any atom is -0.310 e. The topological polar surface area (TPSA) is 3.24 Å². The highest BCUT2D eigenvalue weighted by Gasteiger charge is 2.37. The molecular formula is C44H35N. The van der Waals surface area contributed by atoms with Gasteiger partial charge in [0.25, 0.3) is 0 Å². The van der Waals surface area contributed by atoms with E-state index in [0.29, 0.717) is 0 Å². The molecule has 45 heavy (non-hydrogen) atoms. The molecule has 0 unspecified atom stereocenters. The minimum absolute atomic E-state index is 0.143. The quantitative estimate of drug-likeness (QED) is 0.197. The molecule has 1 aliphatic rings. The van der Waals surface area contributed by atoms with Crippen molar-refractivity contribution in [1.82, 2.24) is 0 Å². The Kier molecular flexibility index (Phi) is 6.43. The van der Waals surface area contributed by atoms with Gasteiger partial charge in [-0.05, 0) is 98.6 Å². The van der Waals surface area contributed by atoms with E-state index in [-0.39, 0.29) is 5.41 Å². The Hall–Kier alpha value is -5.40. The van der Waals surface area contributed by atoms with Crippen molar-refractivity contribution in [2.75, 3.05) is 4.90 Å². The van der Waals surface area contributed by atoms with E-state index in [1.807, 2.05) is 0 Å². The van der Waals surface area contributed by atoms with Crippen molar-refractivity contribution in [3.63, 3.8) is 0 Å². The second kappa shape index (κ2) is 10.6. The van der Waals surface area contributed by atoms with E-state index in [1.54, 1.807) is 0 Å². The van der Waals surface area contributed by atoms with Crippen LogP contribution in [0, 0.1) is 6.92 Å². The van der Waals surface area contributed by atoms with Gasteiger partial charge in [0.2, 0.25) is 0 Å². The van der Waals surface area contributed by atoms with Gasteiger partial charge in [-0.1, -0.05) is 135 Å². The van der Waals surface area contributed by atoms with Crippen molar-refractivity contribution in [1.29, 1.82) is 0 Å². The van der Waals surface area contributed by atoms with E-state index < -0.39 is 0 Å². The lowest BCUT2D eigenvalue weighted by molar-refractivity contribution is 0.660. The molecule has 7 aromatic carbocycles. The van der Waals surface area contributed by atoms with Gasteiger partial charge in [-0.25, -0.2) is 0 Å². The monoisotopic (exact) mass is 577 g/mol. The normalized spacial score (nSPS) is 13.0. The highest BCUT2D eigenvalue weighted by Crippen LogP contribution is 2.54. The van der Waals surface area contributed by atoms with Crippen molar-refractivity contribution in [2.24, 2.45) is 0 Å². The van der Waals surface area contributed by atoms with Crippen LogP contribution in [0.15, 0.2) is 158 Å². The summed E-state index contributed by atoms with van der Waals surface area (Å²) in [5.41, 5.74) is 15.0. The average molecular weight is 578 g/mol. The number of nitrogens with zero attached hydrogens (tertiary/aromatic N) is 1. The molecule has 0 fully saturated rings. The van der Waals surface area contributed by atoms with E-state index in [9.17, 15) is 0 Å². The molecule has 0 bridgehead atoms. The molecule has 1 nitrogen and oxygen atoms in total. The first-order valence-corrected chi connectivity index (χ1v) is 15.8. The SMILES string of the molecule is Cc1ccccc1-c1cc2ccccc2cc1N(c1ccccc1)c1ccc2c(c1)C(C)(C)c1cccc(-c3ccccc3)c1-2. The van der Waals surface area contributed by atoms with Gasteiger partial charge in [-0.2, -0.15) is 0 Å². The maximum atomic E-state index is 2.45. The fraction of sp³-hybridized carbons (Fsp3) is 0.0909. The third-order valence-electron chi connectivity index (χ3n) is 9.58. The fourth-order valence-corrected chi connectivity index (χ4v) is 7.28. The number of fused-ring (bicyclic) bond motifs is 4. The van der Waals surface area contributed by atoms with Crippen LogP contribution in [-0.2, 0) is 5.41 Å². The Bertz CT molecular complexity index is 2190. The lowest BCUT2D eigenvalue weighted by Gasteiger charge is -2.30. The average Bonchev–Trinajstić information content (AvgIpc) is 3.31. The zero-order chi connectivity index (χ0) is 30.5. The van der Waals surface area contributed by atoms with Gasteiger partial charge < -0.3 is 4.90 Å². The van der Waals surface area contributed by atoms with Crippen LogP contribution in [0.25, 0.3) is 44.2 Å². The molecule has 0 atom stereocenters. The summed E-state index contributed by atoms with van der Waals surface area (Å²) in [5.74, 6) is 0. The number of aryl methyl sites for hydroxylation is 1. The Balaban J connectivity index is 1.38. The van der Waals surface area contributed by atoms with E-state index in [0.717, 1.165) is 11.4 Å². The van der Waals surface area contributed by atoms with E-state index in [4.69, 9.17) is 0 Å². The lowest BCUT2D eigenvalue weighted by Crippen LogP contribution is -2.17. The van der Waals surface area contributed by atoms with Gasteiger partial charge in [0, 0.05) is 22.4 Å². The molecule has 216 valence electrons. The summed E-state index contributed by atoms with van der Waals surface area (Å²) in [6, 6.07) is 57.7. The summed E-state index contributed by atoms with van der Waals surface area (Å²) in [6.07, 6.45) is 0. The minimum atomic E-state index is -0.143. The van der Waals surface area contributed by atoms with Crippen LogP contribution in [0.1, 0.15) is 30.5 Å². The zero-order valence-corrected chi connectivity index (χ0v) is 26.0. The number of benzene rings is 7. The van der Waals surface area contributed by atoms with Gasteiger partial charge in [-0.3, -0.25) is 0 Å². The fourth-order valence-electron chi connectivity index (χ4n) is 7.28. The number of anilines is 3. The second-order valence-corrected chi connectivity index (χ2v) is 12.7. The molecule has 1 heteroatoms. The molecule has 0 saturated carbocycles. The maximum absolute atomic E-state index is 2.45. The van der Waals surface area contributed by atoms with Crippen molar-refractivity contribution < 1.29 is 0 Å². The first kappa shape index (κ1) is 27.2. The smallest absolute Gasteiger partial charge is 0.0546 e. The van der Waals surface area contributed by atoms with Gasteiger partial charge in [0.15, 0.2) is 0 Å². The predicted octanol–water partition coefficient (Wildman–Crippen LogP) is 12.3. The largest absolute Gasteiger partial charge is 0.310 e. The predicted molar refractivity (Wildman–Crippen MR) is 192 cm³/mol. The van der Waals surface area contributed by atoms with E-state index in [1.165, 1.54) is 66.5 Å². The highest BCUT2D eigenvalue weighted by atomic mass is 15.1. The van der Waals surface area contributed by atoms with Crippen molar-refractivity contribution in [3.05, 3.63) is 174 Å². The van der Waals surface area contributed by atoms with Crippen molar-refractivity contribution in [2.45, 2.75) is 26.2 Å². The van der Waals surface area contributed by atoms with Crippen LogP contribution in [0.5, 0.6) is 0 Å². The van der Waals surface area contributed by atoms with Crippen LogP contribution >= 0.6 is 0 Å². The van der Waals surface area contributed by atoms with Crippen molar-refractivity contribution in [3.8, 4) is 33.4 Å². The summed E-state index contributed by atoms with van der Waals surface area (Å²) in [7, 11) is 0. The number of hydrogen-bond acceptors (Lipinski definition) is 1. The molecule has 8 rings (SSSR count). The molecule has 0 radical (unpaired) electrons.